The van der Waals surface area contributed by atoms with Crippen molar-refractivity contribution in [2.24, 2.45) is 0 Å². The molecule has 0 saturated carbocycles. The number of nitrogens with one attached hydrogen (secondary N) is 1. The van der Waals surface area contributed by atoms with Gasteiger partial charge < -0.3 is 10.2 Å². The van der Waals surface area contributed by atoms with E-state index in [4.69, 9.17) is 11.6 Å². The predicted molar refractivity (Wildman–Crippen MR) is 95.4 cm³/mol. The van der Waals surface area contributed by atoms with Crippen molar-refractivity contribution in [1.29, 1.82) is 0 Å². The van der Waals surface area contributed by atoms with Crippen LogP contribution in [0.2, 0.25) is 5.02 Å². The molecule has 0 unspecified atom stereocenters. The summed E-state index contributed by atoms with van der Waals surface area (Å²) in [5.41, 5.74) is 1.93. The van der Waals surface area contributed by atoms with Gasteiger partial charge in [0.2, 0.25) is 5.91 Å². The lowest BCUT2D eigenvalue weighted by molar-refractivity contribution is -0.120. The van der Waals surface area contributed by atoms with Gasteiger partial charge in [-0.1, -0.05) is 48.0 Å². The topological polar surface area (TPSA) is 49.4 Å². The molecule has 1 aliphatic rings. The van der Waals surface area contributed by atoms with Crippen LogP contribution in [0.4, 0.5) is 5.69 Å². The Bertz CT molecular complexity index is 789. The third kappa shape index (κ3) is 3.19. The average Bonchev–Trinajstić information content (AvgIpc) is 2.67. The van der Waals surface area contributed by atoms with Crippen LogP contribution in [0, 0.1) is 0 Å². The highest BCUT2D eigenvalue weighted by atomic mass is 35.5. The van der Waals surface area contributed by atoms with Gasteiger partial charge in [-0.15, -0.1) is 6.58 Å². The van der Waals surface area contributed by atoms with Gasteiger partial charge in [-0.3, -0.25) is 9.59 Å². The lowest BCUT2D eigenvalue weighted by atomic mass is 10.0. The van der Waals surface area contributed by atoms with Gasteiger partial charge in [0.25, 0.3) is 5.91 Å². The maximum Gasteiger partial charge on any atom is 0.254 e. The first-order chi connectivity index (χ1) is 11.6. The van der Waals surface area contributed by atoms with E-state index in [2.05, 4.69) is 11.9 Å². The second kappa shape index (κ2) is 6.89. The predicted octanol–water partition coefficient (Wildman–Crippen LogP) is 3.21. The zero-order valence-electron chi connectivity index (χ0n) is 13.0. The van der Waals surface area contributed by atoms with Gasteiger partial charge in [-0.2, -0.15) is 0 Å². The van der Waals surface area contributed by atoms with Crippen molar-refractivity contribution in [2.45, 2.75) is 12.5 Å². The third-order valence-corrected chi connectivity index (χ3v) is 4.19. The van der Waals surface area contributed by atoms with Gasteiger partial charge in [0.1, 0.15) is 6.04 Å². The maximum atomic E-state index is 13.0. The van der Waals surface area contributed by atoms with E-state index in [-0.39, 0.29) is 11.8 Å². The summed E-state index contributed by atoms with van der Waals surface area (Å²) in [6, 6.07) is 13.9. The highest BCUT2D eigenvalue weighted by molar-refractivity contribution is 6.31. The molecular weight excluding hydrogens is 324 g/mol. The van der Waals surface area contributed by atoms with Gasteiger partial charge >= 0.3 is 0 Å². The molecule has 0 fully saturated rings. The van der Waals surface area contributed by atoms with E-state index in [1.807, 2.05) is 30.3 Å². The average molecular weight is 341 g/mol. The number of anilines is 1. The van der Waals surface area contributed by atoms with Gasteiger partial charge in [0.15, 0.2) is 0 Å². The molecule has 4 nitrogen and oxygen atoms in total. The Labute approximate surface area is 145 Å². The number of carbonyl (C=O) groups excluding carboxylic acids is 2. The number of nitrogens with zero attached hydrogens (tertiary/aromatic N) is 1. The fourth-order valence-electron chi connectivity index (χ4n) is 2.84. The summed E-state index contributed by atoms with van der Waals surface area (Å²) in [6.07, 6.45) is 2.08. The SMILES string of the molecule is C=CCN1C(=O)[C@H](Cc2ccccc2)NC(=O)c2cc(Cl)ccc21. The Morgan fingerprint density at radius 3 is 2.62 bits per heavy atom. The first-order valence-corrected chi connectivity index (χ1v) is 8.04. The van der Waals surface area contributed by atoms with Gasteiger partial charge in [-0.05, 0) is 23.8 Å². The largest absolute Gasteiger partial charge is 0.340 e. The fraction of sp³-hybridized carbons (Fsp3) is 0.158. The van der Waals surface area contributed by atoms with E-state index in [0.29, 0.717) is 29.2 Å². The molecule has 2 aromatic rings. The number of fused-ring (bicyclic) bond motifs is 1. The first kappa shape index (κ1) is 16.3. The molecule has 1 N–H and O–H groups in total. The lowest BCUT2D eigenvalue weighted by Crippen LogP contribution is -2.47. The van der Waals surface area contributed by atoms with E-state index >= 15 is 0 Å². The molecule has 0 radical (unpaired) electrons. The second-order valence-corrected chi connectivity index (χ2v) is 6.05. The zero-order chi connectivity index (χ0) is 17.1. The van der Waals surface area contributed by atoms with Crippen LogP contribution in [0.5, 0.6) is 0 Å². The quantitative estimate of drug-likeness (QED) is 0.869. The van der Waals surface area contributed by atoms with Crippen LogP contribution < -0.4 is 10.2 Å². The van der Waals surface area contributed by atoms with Crippen LogP contribution in [0.1, 0.15) is 15.9 Å². The Morgan fingerprint density at radius 2 is 1.92 bits per heavy atom. The Balaban J connectivity index is 2.00. The molecule has 0 spiro atoms. The van der Waals surface area contributed by atoms with E-state index in [9.17, 15) is 9.59 Å². The van der Waals surface area contributed by atoms with Crippen molar-refractivity contribution in [2.75, 3.05) is 11.4 Å². The Morgan fingerprint density at radius 1 is 1.17 bits per heavy atom. The van der Waals surface area contributed by atoms with Crippen molar-refractivity contribution in [3.8, 4) is 0 Å². The van der Waals surface area contributed by atoms with Crippen LogP contribution in [0.3, 0.4) is 0 Å². The summed E-state index contributed by atoms with van der Waals surface area (Å²) in [5, 5.41) is 3.28. The third-order valence-electron chi connectivity index (χ3n) is 3.96. The highest BCUT2D eigenvalue weighted by Crippen LogP contribution is 2.28. The van der Waals surface area contributed by atoms with Crippen molar-refractivity contribution < 1.29 is 9.59 Å². The highest BCUT2D eigenvalue weighted by Gasteiger charge is 2.33. The molecule has 0 aliphatic carbocycles. The van der Waals surface area contributed by atoms with E-state index in [1.165, 1.54) is 0 Å². The van der Waals surface area contributed by atoms with Gasteiger partial charge in [0, 0.05) is 18.0 Å². The van der Waals surface area contributed by atoms with E-state index < -0.39 is 6.04 Å². The number of rotatable bonds is 4. The van der Waals surface area contributed by atoms with Crippen molar-refractivity contribution in [1.82, 2.24) is 5.32 Å². The number of halogens is 1. The molecule has 122 valence electrons. The Hall–Kier alpha value is -2.59. The molecule has 1 aliphatic heterocycles. The summed E-state index contributed by atoms with van der Waals surface area (Å²) in [6.45, 7) is 4.04. The molecule has 5 heteroatoms. The minimum absolute atomic E-state index is 0.159. The summed E-state index contributed by atoms with van der Waals surface area (Å²) >= 11 is 6.02. The second-order valence-electron chi connectivity index (χ2n) is 5.61. The van der Waals surface area contributed by atoms with Crippen LogP contribution in [0.25, 0.3) is 0 Å². The first-order valence-electron chi connectivity index (χ1n) is 7.67. The monoisotopic (exact) mass is 340 g/mol. The number of benzene rings is 2. The summed E-state index contributed by atoms with van der Waals surface area (Å²) in [7, 11) is 0. The molecule has 2 amide bonds. The zero-order valence-corrected chi connectivity index (χ0v) is 13.8. The normalized spacial score (nSPS) is 17.0. The maximum absolute atomic E-state index is 13.0. The lowest BCUT2D eigenvalue weighted by Gasteiger charge is -2.24. The standard InChI is InChI=1S/C19H17ClN2O2/c1-2-10-22-17-9-8-14(20)12-15(17)18(23)21-16(19(22)24)11-13-6-4-3-5-7-13/h2-9,12,16H,1,10-11H2,(H,21,23)/t16-/m0/s1. The van der Waals surface area contributed by atoms with Crippen molar-refractivity contribution in [3.05, 3.63) is 77.3 Å². The molecular formula is C19H17ClN2O2. The fourth-order valence-corrected chi connectivity index (χ4v) is 3.01. The summed E-state index contributed by atoms with van der Waals surface area (Å²) in [5.74, 6) is -0.457. The van der Waals surface area contributed by atoms with E-state index in [0.717, 1.165) is 5.56 Å². The summed E-state index contributed by atoms with van der Waals surface area (Å²) < 4.78 is 0. The smallest absolute Gasteiger partial charge is 0.254 e. The number of amides is 2. The van der Waals surface area contributed by atoms with Crippen molar-refractivity contribution >= 4 is 29.1 Å². The molecule has 2 aromatic carbocycles. The van der Waals surface area contributed by atoms with Gasteiger partial charge in [0.05, 0.1) is 11.3 Å². The van der Waals surface area contributed by atoms with E-state index in [1.54, 1.807) is 29.2 Å². The van der Waals surface area contributed by atoms with Crippen LogP contribution in [-0.4, -0.2) is 24.4 Å². The molecule has 24 heavy (non-hydrogen) atoms. The minimum atomic E-state index is -0.633. The van der Waals surface area contributed by atoms with Crippen LogP contribution >= 0.6 is 11.6 Å². The van der Waals surface area contributed by atoms with Crippen molar-refractivity contribution in [3.63, 3.8) is 0 Å². The number of carbonyl (C=O) groups is 2. The molecule has 0 saturated heterocycles. The molecule has 1 atom stereocenters. The minimum Gasteiger partial charge on any atom is -0.340 e. The molecule has 0 bridgehead atoms. The van der Waals surface area contributed by atoms with Crippen LogP contribution in [0.15, 0.2) is 61.2 Å². The molecule has 1 heterocycles. The summed E-state index contributed by atoms with van der Waals surface area (Å²) in [4.78, 5) is 27.1. The molecule has 0 aromatic heterocycles. The Kier molecular flexibility index (Phi) is 4.67. The van der Waals surface area contributed by atoms with Crippen LogP contribution in [-0.2, 0) is 11.2 Å². The molecule has 3 rings (SSSR count). The van der Waals surface area contributed by atoms with Gasteiger partial charge in [-0.25, -0.2) is 0 Å². The number of hydrogen-bond donors (Lipinski definition) is 1. The number of hydrogen-bond acceptors (Lipinski definition) is 2.